The first-order chi connectivity index (χ1) is 9.24. The molecule has 1 aliphatic rings. The maximum atomic E-state index is 5.90. The first-order valence-electron chi connectivity index (χ1n) is 6.28. The van der Waals surface area contributed by atoms with E-state index in [0.29, 0.717) is 11.6 Å². The third kappa shape index (κ3) is 2.79. The van der Waals surface area contributed by atoms with E-state index in [1.807, 2.05) is 12.1 Å². The fourth-order valence-electron chi connectivity index (χ4n) is 2.30. The summed E-state index contributed by atoms with van der Waals surface area (Å²) < 4.78 is 12.0. The molecule has 3 rings (SSSR count). The predicted octanol–water partition coefficient (Wildman–Crippen LogP) is 4.55. The Kier molecular flexibility index (Phi) is 3.80. The average molecular weight is 343 g/mol. The van der Waals surface area contributed by atoms with Crippen LogP contribution in [0.5, 0.6) is 5.75 Å². The van der Waals surface area contributed by atoms with Gasteiger partial charge in [0, 0.05) is 17.0 Å². The standard InChI is InChI=1S/C14H13BrClNO2/c15-11-7-9(16)5-6-14(11)18-8-12-10-3-1-2-4-13(10)19-17-12/h5-7H,1-4,8H2. The van der Waals surface area contributed by atoms with Crippen LogP contribution in [0, 0.1) is 0 Å². The first-order valence-corrected chi connectivity index (χ1v) is 7.45. The molecule has 0 amide bonds. The zero-order valence-corrected chi connectivity index (χ0v) is 12.6. The molecule has 1 aromatic carbocycles. The number of aromatic nitrogens is 1. The van der Waals surface area contributed by atoms with Crippen LogP contribution in [-0.4, -0.2) is 5.16 Å². The highest BCUT2D eigenvalue weighted by atomic mass is 79.9. The lowest BCUT2D eigenvalue weighted by atomic mass is 9.97. The molecule has 0 fully saturated rings. The maximum absolute atomic E-state index is 5.90. The van der Waals surface area contributed by atoms with Gasteiger partial charge in [0.15, 0.2) is 0 Å². The molecule has 0 bridgehead atoms. The van der Waals surface area contributed by atoms with Crippen molar-refractivity contribution in [1.82, 2.24) is 5.16 Å². The Morgan fingerprint density at radius 2 is 2.16 bits per heavy atom. The molecule has 0 atom stereocenters. The van der Waals surface area contributed by atoms with Gasteiger partial charge in [0.25, 0.3) is 0 Å². The van der Waals surface area contributed by atoms with E-state index >= 15 is 0 Å². The Hall–Kier alpha value is -1.000. The van der Waals surface area contributed by atoms with E-state index in [9.17, 15) is 0 Å². The minimum absolute atomic E-state index is 0.430. The number of halogens is 2. The number of fused-ring (bicyclic) bond motifs is 1. The normalized spacial score (nSPS) is 14.2. The molecule has 0 spiro atoms. The Morgan fingerprint density at radius 3 is 3.00 bits per heavy atom. The van der Waals surface area contributed by atoms with Crippen molar-refractivity contribution in [3.8, 4) is 5.75 Å². The van der Waals surface area contributed by atoms with Gasteiger partial charge in [0.05, 0.1) is 4.47 Å². The second kappa shape index (κ2) is 5.55. The van der Waals surface area contributed by atoms with Crippen LogP contribution in [0.4, 0.5) is 0 Å². The molecule has 0 saturated heterocycles. The summed E-state index contributed by atoms with van der Waals surface area (Å²) in [6.07, 6.45) is 4.42. The van der Waals surface area contributed by atoms with Gasteiger partial charge in [0.1, 0.15) is 23.8 Å². The summed E-state index contributed by atoms with van der Waals surface area (Å²) in [5, 5.41) is 4.80. The molecule has 5 heteroatoms. The molecule has 0 unspecified atom stereocenters. The largest absolute Gasteiger partial charge is 0.486 e. The number of nitrogens with zero attached hydrogens (tertiary/aromatic N) is 1. The van der Waals surface area contributed by atoms with Crippen molar-refractivity contribution < 1.29 is 9.26 Å². The lowest BCUT2D eigenvalue weighted by Gasteiger charge is -2.10. The zero-order valence-electron chi connectivity index (χ0n) is 10.3. The summed E-state index contributed by atoms with van der Waals surface area (Å²) in [6, 6.07) is 5.47. The van der Waals surface area contributed by atoms with Crippen LogP contribution in [0.3, 0.4) is 0 Å². The van der Waals surface area contributed by atoms with E-state index in [0.717, 1.165) is 34.5 Å². The second-order valence-corrected chi connectivity index (χ2v) is 5.89. The molecule has 0 N–H and O–H groups in total. The van der Waals surface area contributed by atoms with Crippen molar-refractivity contribution in [1.29, 1.82) is 0 Å². The van der Waals surface area contributed by atoms with E-state index in [1.54, 1.807) is 6.07 Å². The highest BCUT2D eigenvalue weighted by Gasteiger charge is 2.19. The Bertz CT molecular complexity index is 597. The van der Waals surface area contributed by atoms with Crippen LogP contribution in [0.15, 0.2) is 27.2 Å². The van der Waals surface area contributed by atoms with Crippen LogP contribution in [0.2, 0.25) is 5.02 Å². The highest BCUT2D eigenvalue weighted by Crippen LogP contribution is 2.30. The van der Waals surface area contributed by atoms with Gasteiger partial charge in [-0.25, -0.2) is 0 Å². The first kappa shape index (κ1) is 13.0. The smallest absolute Gasteiger partial charge is 0.140 e. The predicted molar refractivity (Wildman–Crippen MR) is 76.6 cm³/mol. The van der Waals surface area contributed by atoms with Crippen LogP contribution in [-0.2, 0) is 19.4 Å². The van der Waals surface area contributed by atoms with E-state index in [1.165, 1.54) is 18.4 Å². The fourth-order valence-corrected chi connectivity index (χ4v) is 3.10. The quantitative estimate of drug-likeness (QED) is 0.821. The molecule has 19 heavy (non-hydrogen) atoms. The van der Waals surface area contributed by atoms with Gasteiger partial charge in [-0.3, -0.25) is 0 Å². The second-order valence-electron chi connectivity index (χ2n) is 4.60. The summed E-state index contributed by atoms with van der Waals surface area (Å²) in [6.45, 7) is 0.430. The van der Waals surface area contributed by atoms with Crippen LogP contribution >= 0.6 is 27.5 Å². The number of rotatable bonds is 3. The molecule has 0 saturated carbocycles. The highest BCUT2D eigenvalue weighted by molar-refractivity contribution is 9.10. The Morgan fingerprint density at radius 1 is 1.32 bits per heavy atom. The van der Waals surface area contributed by atoms with E-state index in [4.69, 9.17) is 20.9 Å². The molecule has 2 aromatic rings. The van der Waals surface area contributed by atoms with E-state index in [2.05, 4.69) is 21.1 Å². The van der Waals surface area contributed by atoms with Gasteiger partial charge in [-0.1, -0.05) is 16.8 Å². The third-order valence-electron chi connectivity index (χ3n) is 3.29. The number of ether oxygens (including phenoxy) is 1. The summed E-state index contributed by atoms with van der Waals surface area (Å²) in [4.78, 5) is 0. The fraction of sp³-hybridized carbons (Fsp3) is 0.357. The van der Waals surface area contributed by atoms with Gasteiger partial charge in [0.2, 0.25) is 0 Å². The van der Waals surface area contributed by atoms with Gasteiger partial charge >= 0.3 is 0 Å². The minimum Gasteiger partial charge on any atom is -0.486 e. The molecule has 1 aliphatic carbocycles. The lowest BCUT2D eigenvalue weighted by molar-refractivity contribution is 0.285. The number of aryl methyl sites for hydroxylation is 1. The lowest BCUT2D eigenvalue weighted by Crippen LogP contribution is -2.04. The number of hydrogen-bond donors (Lipinski definition) is 0. The van der Waals surface area contributed by atoms with Crippen LogP contribution in [0.25, 0.3) is 0 Å². The molecular weight excluding hydrogens is 330 g/mol. The SMILES string of the molecule is Clc1ccc(OCc2noc3c2CCCC3)c(Br)c1. The van der Waals surface area contributed by atoms with Gasteiger partial charge < -0.3 is 9.26 Å². The Labute approximate surface area is 125 Å². The van der Waals surface area contributed by atoms with Crippen molar-refractivity contribution >= 4 is 27.5 Å². The van der Waals surface area contributed by atoms with Crippen molar-refractivity contribution in [3.63, 3.8) is 0 Å². The monoisotopic (exact) mass is 341 g/mol. The van der Waals surface area contributed by atoms with Crippen molar-refractivity contribution in [2.45, 2.75) is 32.3 Å². The van der Waals surface area contributed by atoms with Gasteiger partial charge in [-0.15, -0.1) is 0 Å². The maximum Gasteiger partial charge on any atom is 0.140 e. The van der Waals surface area contributed by atoms with Gasteiger partial charge in [-0.05, 0) is 53.4 Å². The van der Waals surface area contributed by atoms with Crippen LogP contribution < -0.4 is 4.74 Å². The summed E-state index contributed by atoms with van der Waals surface area (Å²) >= 11 is 9.33. The molecule has 1 aromatic heterocycles. The van der Waals surface area contributed by atoms with Crippen molar-refractivity contribution in [2.24, 2.45) is 0 Å². The molecular formula is C14H13BrClNO2. The molecule has 1 heterocycles. The van der Waals surface area contributed by atoms with Crippen molar-refractivity contribution in [3.05, 3.63) is 44.7 Å². The zero-order chi connectivity index (χ0) is 13.2. The van der Waals surface area contributed by atoms with Gasteiger partial charge in [-0.2, -0.15) is 0 Å². The Balaban J connectivity index is 1.74. The molecule has 100 valence electrons. The number of benzene rings is 1. The van der Waals surface area contributed by atoms with Crippen molar-refractivity contribution in [2.75, 3.05) is 0 Å². The molecule has 3 nitrogen and oxygen atoms in total. The third-order valence-corrected chi connectivity index (χ3v) is 4.14. The topological polar surface area (TPSA) is 35.3 Å². The summed E-state index contributed by atoms with van der Waals surface area (Å²) in [5.41, 5.74) is 2.15. The summed E-state index contributed by atoms with van der Waals surface area (Å²) in [5.74, 6) is 1.79. The molecule has 0 radical (unpaired) electrons. The molecule has 0 aliphatic heterocycles. The van der Waals surface area contributed by atoms with E-state index < -0.39 is 0 Å². The van der Waals surface area contributed by atoms with Crippen LogP contribution in [0.1, 0.15) is 29.9 Å². The van der Waals surface area contributed by atoms with E-state index in [-0.39, 0.29) is 0 Å². The summed E-state index contributed by atoms with van der Waals surface area (Å²) in [7, 11) is 0. The average Bonchev–Trinajstić information content (AvgIpc) is 2.81. The minimum atomic E-state index is 0.430. The number of hydrogen-bond acceptors (Lipinski definition) is 3.